The molecule has 2 aromatic carbocycles. The second-order valence-electron chi connectivity index (χ2n) is 5.72. The van der Waals surface area contributed by atoms with Crippen LogP contribution in [0.5, 0.6) is 17.2 Å². The summed E-state index contributed by atoms with van der Waals surface area (Å²) in [7, 11) is 0. The summed E-state index contributed by atoms with van der Waals surface area (Å²) in [5.74, 6) is -0.874. The van der Waals surface area contributed by atoms with Gasteiger partial charge in [0.1, 0.15) is 0 Å². The summed E-state index contributed by atoms with van der Waals surface area (Å²) in [6.45, 7) is 1.49. The van der Waals surface area contributed by atoms with Crippen molar-refractivity contribution in [1.29, 1.82) is 0 Å². The largest absolute Gasteiger partial charge is 0.505 e. The minimum Gasteiger partial charge on any atom is -0.505 e. The molecule has 1 fully saturated rings. The van der Waals surface area contributed by atoms with Gasteiger partial charge in [0.2, 0.25) is 0 Å². The second-order valence-corrected chi connectivity index (χ2v) is 5.72. The van der Waals surface area contributed by atoms with Gasteiger partial charge in [0.25, 0.3) is 0 Å². The van der Waals surface area contributed by atoms with E-state index in [0.717, 1.165) is 18.7 Å². The molecule has 0 aliphatic carbocycles. The first-order valence-corrected chi connectivity index (χ1v) is 7.25. The van der Waals surface area contributed by atoms with Crippen molar-refractivity contribution in [2.24, 2.45) is 5.92 Å². The fourth-order valence-electron chi connectivity index (χ4n) is 3.12. The van der Waals surface area contributed by atoms with Gasteiger partial charge in [0.05, 0.1) is 0 Å². The smallest absolute Gasteiger partial charge is 0.165 e. The summed E-state index contributed by atoms with van der Waals surface area (Å²) >= 11 is 0. The number of hydrogen-bond acceptors (Lipinski definition) is 4. The lowest BCUT2D eigenvalue weighted by molar-refractivity contribution is 0.401. The van der Waals surface area contributed by atoms with E-state index in [9.17, 15) is 19.7 Å². The van der Waals surface area contributed by atoms with E-state index in [1.54, 1.807) is 24.3 Å². The number of nitrogens with one attached hydrogen (secondary N) is 1. The molecule has 22 heavy (non-hydrogen) atoms. The quantitative estimate of drug-likeness (QED) is 0.657. The van der Waals surface area contributed by atoms with Crippen molar-refractivity contribution < 1.29 is 19.7 Å². The van der Waals surface area contributed by atoms with Crippen molar-refractivity contribution in [3.05, 3.63) is 53.3 Å². The average Bonchev–Trinajstić information content (AvgIpc) is 2.95. The van der Waals surface area contributed by atoms with Crippen LogP contribution in [0, 0.1) is 11.7 Å². The molecule has 1 saturated heterocycles. The molecule has 0 aromatic heterocycles. The lowest BCUT2D eigenvalue weighted by Gasteiger charge is -2.20. The summed E-state index contributed by atoms with van der Waals surface area (Å²) in [6.07, 6.45) is 0.545. The molecule has 2 atom stereocenters. The molecule has 4 nitrogen and oxygen atoms in total. The summed E-state index contributed by atoms with van der Waals surface area (Å²) in [6, 6.07) is 9.37. The monoisotopic (exact) mass is 303 g/mol. The normalized spacial score (nSPS) is 21.1. The van der Waals surface area contributed by atoms with E-state index in [-0.39, 0.29) is 29.1 Å². The predicted octanol–water partition coefficient (Wildman–Crippen LogP) is 2.49. The fraction of sp³-hybridized carbons (Fsp3) is 0.294. The van der Waals surface area contributed by atoms with Crippen LogP contribution in [-0.2, 0) is 6.42 Å². The number of hydrogen-bond donors (Lipinski definition) is 4. The average molecular weight is 303 g/mol. The van der Waals surface area contributed by atoms with Gasteiger partial charge in [0, 0.05) is 12.5 Å². The summed E-state index contributed by atoms with van der Waals surface area (Å²) < 4.78 is 13.4. The maximum atomic E-state index is 13.4. The van der Waals surface area contributed by atoms with Crippen molar-refractivity contribution >= 4 is 0 Å². The topological polar surface area (TPSA) is 72.7 Å². The van der Waals surface area contributed by atoms with Crippen LogP contribution >= 0.6 is 0 Å². The highest BCUT2D eigenvalue weighted by Gasteiger charge is 2.29. The molecule has 4 N–H and O–H groups in total. The van der Waals surface area contributed by atoms with E-state index < -0.39 is 5.82 Å². The van der Waals surface area contributed by atoms with Crippen LogP contribution in [0.2, 0.25) is 0 Å². The third-order valence-corrected chi connectivity index (χ3v) is 4.32. The Kier molecular flexibility index (Phi) is 3.90. The SMILES string of the molecule is Oc1ccc(C2CNCC2Cc2cccc(F)c2O)cc1O. The first-order chi connectivity index (χ1) is 10.6. The molecule has 2 aromatic rings. The molecule has 116 valence electrons. The predicted molar refractivity (Wildman–Crippen MR) is 80.6 cm³/mol. The molecule has 1 heterocycles. The molecule has 1 aliphatic rings. The van der Waals surface area contributed by atoms with Crippen molar-refractivity contribution in [1.82, 2.24) is 5.32 Å². The number of aromatic hydroxyl groups is 3. The molecule has 0 amide bonds. The van der Waals surface area contributed by atoms with Crippen LogP contribution in [-0.4, -0.2) is 28.4 Å². The van der Waals surface area contributed by atoms with Crippen LogP contribution in [0.3, 0.4) is 0 Å². The lowest BCUT2D eigenvalue weighted by atomic mass is 9.84. The zero-order valence-corrected chi connectivity index (χ0v) is 12.0. The van der Waals surface area contributed by atoms with Gasteiger partial charge in [-0.2, -0.15) is 0 Å². The van der Waals surface area contributed by atoms with Crippen molar-refractivity contribution in [3.63, 3.8) is 0 Å². The lowest BCUT2D eigenvalue weighted by Crippen LogP contribution is -2.14. The van der Waals surface area contributed by atoms with E-state index in [0.29, 0.717) is 12.0 Å². The molecule has 5 heteroatoms. The van der Waals surface area contributed by atoms with Crippen LogP contribution < -0.4 is 5.32 Å². The molecule has 0 radical (unpaired) electrons. The van der Waals surface area contributed by atoms with Crippen LogP contribution in [0.25, 0.3) is 0 Å². The Morgan fingerprint density at radius 3 is 2.64 bits per heavy atom. The van der Waals surface area contributed by atoms with Crippen LogP contribution in [0.15, 0.2) is 36.4 Å². The van der Waals surface area contributed by atoms with Gasteiger partial charge in [0.15, 0.2) is 23.1 Å². The minimum absolute atomic E-state index is 0.133. The first-order valence-electron chi connectivity index (χ1n) is 7.25. The number of para-hydroxylation sites is 1. The highest BCUT2D eigenvalue weighted by molar-refractivity contribution is 5.42. The van der Waals surface area contributed by atoms with E-state index in [1.165, 1.54) is 12.1 Å². The Morgan fingerprint density at radius 1 is 1.05 bits per heavy atom. The summed E-state index contributed by atoms with van der Waals surface area (Å²) in [4.78, 5) is 0. The third-order valence-electron chi connectivity index (χ3n) is 4.32. The molecular formula is C17H18FNO3. The van der Waals surface area contributed by atoms with E-state index in [2.05, 4.69) is 5.32 Å². The van der Waals surface area contributed by atoms with Crippen LogP contribution in [0.4, 0.5) is 4.39 Å². The maximum absolute atomic E-state index is 13.4. The Morgan fingerprint density at radius 2 is 1.86 bits per heavy atom. The Balaban J connectivity index is 1.84. The van der Waals surface area contributed by atoms with Gasteiger partial charge in [-0.05, 0) is 48.2 Å². The van der Waals surface area contributed by atoms with Crippen molar-refractivity contribution in [2.75, 3.05) is 13.1 Å². The zero-order valence-electron chi connectivity index (χ0n) is 12.0. The fourth-order valence-corrected chi connectivity index (χ4v) is 3.12. The van der Waals surface area contributed by atoms with Gasteiger partial charge in [-0.1, -0.05) is 18.2 Å². The summed E-state index contributed by atoms with van der Waals surface area (Å²) in [5.41, 5.74) is 1.50. The minimum atomic E-state index is -0.609. The zero-order chi connectivity index (χ0) is 15.7. The van der Waals surface area contributed by atoms with E-state index in [4.69, 9.17) is 0 Å². The highest BCUT2D eigenvalue weighted by atomic mass is 19.1. The second kappa shape index (κ2) is 5.85. The molecule has 0 saturated carbocycles. The Hall–Kier alpha value is -2.27. The van der Waals surface area contributed by atoms with Gasteiger partial charge in [-0.3, -0.25) is 0 Å². The molecule has 3 rings (SSSR count). The standard InChI is InChI=1S/C17H18FNO3/c18-14-3-1-2-11(17(14)22)6-12-8-19-9-13(12)10-4-5-15(20)16(21)7-10/h1-5,7,12-13,19-22H,6,8-9H2. The third kappa shape index (κ3) is 2.72. The maximum Gasteiger partial charge on any atom is 0.165 e. The van der Waals surface area contributed by atoms with Gasteiger partial charge in [-0.15, -0.1) is 0 Å². The molecular weight excluding hydrogens is 285 g/mol. The molecule has 0 spiro atoms. The van der Waals surface area contributed by atoms with Crippen molar-refractivity contribution in [2.45, 2.75) is 12.3 Å². The van der Waals surface area contributed by atoms with E-state index >= 15 is 0 Å². The number of phenolic OH excluding ortho intramolecular Hbond substituents is 3. The van der Waals surface area contributed by atoms with Gasteiger partial charge >= 0.3 is 0 Å². The highest BCUT2D eigenvalue weighted by Crippen LogP contribution is 2.36. The number of rotatable bonds is 3. The first kappa shape index (κ1) is 14.7. The molecule has 1 aliphatic heterocycles. The molecule has 0 bridgehead atoms. The van der Waals surface area contributed by atoms with Crippen LogP contribution in [0.1, 0.15) is 17.0 Å². The van der Waals surface area contributed by atoms with Gasteiger partial charge in [-0.25, -0.2) is 4.39 Å². The van der Waals surface area contributed by atoms with Gasteiger partial charge < -0.3 is 20.6 Å². The number of phenols is 3. The Labute approximate surface area is 127 Å². The number of benzene rings is 2. The van der Waals surface area contributed by atoms with Crippen molar-refractivity contribution in [3.8, 4) is 17.2 Å². The molecule has 2 unspecified atom stereocenters. The number of halogens is 1. The Bertz CT molecular complexity index is 690. The summed E-state index contributed by atoms with van der Waals surface area (Å²) in [5, 5.41) is 32.2. The van der Waals surface area contributed by atoms with E-state index in [1.807, 2.05) is 0 Å².